The van der Waals surface area contributed by atoms with E-state index >= 15 is 0 Å². The third-order valence-electron chi connectivity index (χ3n) is 2.86. The van der Waals surface area contributed by atoms with Crippen LogP contribution in [-0.2, 0) is 11.3 Å². The first-order chi connectivity index (χ1) is 10.1. The van der Waals surface area contributed by atoms with E-state index in [0.717, 1.165) is 31.7 Å². The van der Waals surface area contributed by atoms with Crippen molar-refractivity contribution in [2.24, 2.45) is 0 Å². The number of hydrogen-bond donors (Lipinski definition) is 1. The number of rotatable bonds is 10. The molecular formula is C16H26ClNO3. The van der Waals surface area contributed by atoms with E-state index in [2.05, 4.69) is 5.32 Å². The van der Waals surface area contributed by atoms with E-state index in [9.17, 15) is 0 Å². The largest absolute Gasteiger partial charge is 0.493 e. The summed E-state index contributed by atoms with van der Waals surface area (Å²) in [5.41, 5.74) is 1.00. The highest BCUT2D eigenvalue weighted by Crippen LogP contribution is 2.33. The van der Waals surface area contributed by atoms with Gasteiger partial charge >= 0.3 is 0 Å². The lowest BCUT2D eigenvalue weighted by Gasteiger charge is -2.16. The summed E-state index contributed by atoms with van der Waals surface area (Å²) in [5.74, 6) is 1.39. The molecule has 0 saturated heterocycles. The van der Waals surface area contributed by atoms with Gasteiger partial charge in [0.2, 0.25) is 0 Å². The van der Waals surface area contributed by atoms with Gasteiger partial charge in [0.1, 0.15) is 0 Å². The van der Waals surface area contributed by atoms with Gasteiger partial charge in [-0.2, -0.15) is 0 Å². The van der Waals surface area contributed by atoms with Crippen molar-refractivity contribution < 1.29 is 14.2 Å². The molecule has 0 aliphatic heterocycles. The molecule has 1 rings (SSSR count). The molecule has 0 spiro atoms. The lowest BCUT2D eigenvalue weighted by molar-refractivity contribution is 0.144. The zero-order valence-electron chi connectivity index (χ0n) is 13.4. The Labute approximate surface area is 132 Å². The summed E-state index contributed by atoms with van der Waals surface area (Å²) in [4.78, 5) is 0. The van der Waals surface area contributed by atoms with Crippen LogP contribution >= 0.6 is 11.6 Å². The highest BCUT2D eigenvalue weighted by Gasteiger charge is 2.11. The highest BCUT2D eigenvalue weighted by molar-refractivity contribution is 6.31. The fourth-order valence-electron chi connectivity index (χ4n) is 1.88. The Balaban J connectivity index is 2.58. The summed E-state index contributed by atoms with van der Waals surface area (Å²) in [6.07, 6.45) is 1.06. The molecule has 1 N–H and O–H groups in total. The van der Waals surface area contributed by atoms with E-state index in [4.69, 9.17) is 25.8 Å². The molecule has 0 bridgehead atoms. The van der Waals surface area contributed by atoms with Gasteiger partial charge in [-0.25, -0.2) is 0 Å². The number of benzene rings is 1. The van der Waals surface area contributed by atoms with Gasteiger partial charge in [-0.3, -0.25) is 0 Å². The Morgan fingerprint density at radius 3 is 2.62 bits per heavy atom. The predicted octanol–water partition coefficient (Wildman–Crippen LogP) is 3.65. The maximum atomic E-state index is 6.30. The van der Waals surface area contributed by atoms with Gasteiger partial charge in [0.05, 0.1) is 13.2 Å². The standard InChI is InChI=1S/C16H26ClNO3/c1-5-20-8-6-7-18-11-13-9-15(19-4)16(10-14(13)17)21-12(2)3/h9-10,12,18H,5-8,11H2,1-4H3. The summed E-state index contributed by atoms with van der Waals surface area (Å²) in [6, 6.07) is 3.74. The van der Waals surface area contributed by atoms with Crippen LogP contribution in [0.15, 0.2) is 12.1 Å². The van der Waals surface area contributed by atoms with Crippen LogP contribution in [0.5, 0.6) is 11.5 Å². The lowest BCUT2D eigenvalue weighted by Crippen LogP contribution is -2.17. The van der Waals surface area contributed by atoms with Crippen LogP contribution < -0.4 is 14.8 Å². The molecule has 4 nitrogen and oxygen atoms in total. The van der Waals surface area contributed by atoms with Gasteiger partial charge in [0.25, 0.3) is 0 Å². The Morgan fingerprint density at radius 2 is 2.00 bits per heavy atom. The molecule has 0 heterocycles. The van der Waals surface area contributed by atoms with Crippen LogP contribution in [-0.4, -0.2) is 33.0 Å². The average molecular weight is 316 g/mol. The number of ether oxygens (including phenoxy) is 3. The fraction of sp³-hybridized carbons (Fsp3) is 0.625. The van der Waals surface area contributed by atoms with Crippen molar-refractivity contribution in [2.45, 2.75) is 39.8 Å². The van der Waals surface area contributed by atoms with Crippen LogP contribution in [0.25, 0.3) is 0 Å². The summed E-state index contributed by atoms with van der Waals surface area (Å²) in [5, 5.41) is 4.04. The molecule has 1 aromatic rings. The molecule has 0 radical (unpaired) electrons. The SMILES string of the molecule is CCOCCCNCc1cc(OC)c(OC(C)C)cc1Cl. The lowest BCUT2D eigenvalue weighted by atomic mass is 10.2. The van der Waals surface area contributed by atoms with Gasteiger partial charge < -0.3 is 19.5 Å². The normalized spacial score (nSPS) is 11.0. The first kappa shape index (κ1) is 18.1. The topological polar surface area (TPSA) is 39.7 Å². The molecule has 0 saturated carbocycles. The molecule has 0 unspecified atom stereocenters. The summed E-state index contributed by atoms with van der Waals surface area (Å²) >= 11 is 6.30. The molecule has 21 heavy (non-hydrogen) atoms. The van der Waals surface area contributed by atoms with Gasteiger partial charge in [0.15, 0.2) is 11.5 Å². The molecule has 5 heteroatoms. The Bertz CT molecular complexity index is 424. The van der Waals surface area contributed by atoms with Crippen molar-refractivity contribution in [3.05, 3.63) is 22.7 Å². The molecule has 1 aromatic carbocycles. The number of methoxy groups -OCH3 is 1. The van der Waals surface area contributed by atoms with E-state index in [0.29, 0.717) is 23.1 Å². The van der Waals surface area contributed by atoms with Crippen LogP contribution in [0.3, 0.4) is 0 Å². The Kier molecular flexibility index (Phi) is 8.50. The first-order valence-corrected chi connectivity index (χ1v) is 7.77. The van der Waals surface area contributed by atoms with Crippen LogP contribution in [0.1, 0.15) is 32.8 Å². The highest BCUT2D eigenvalue weighted by atomic mass is 35.5. The number of nitrogens with one attached hydrogen (secondary N) is 1. The maximum absolute atomic E-state index is 6.30. The van der Waals surface area contributed by atoms with Crippen LogP contribution in [0.4, 0.5) is 0 Å². The maximum Gasteiger partial charge on any atom is 0.163 e. The zero-order valence-corrected chi connectivity index (χ0v) is 14.1. The van der Waals surface area contributed by atoms with Gasteiger partial charge in [-0.1, -0.05) is 11.6 Å². The number of halogens is 1. The second-order valence-electron chi connectivity index (χ2n) is 4.99. The molecule has 0 aliphatic carbocycles. The van der Waals surface area contributed by atoms with Gasteiger partial charge in [-0.05, 0) is 45.4 Å². The second-order valence-corrected chi connectivity index (χ2v) is 5.40. The van der Waals surface area contributed by atoms with E-state index in [1.54, 1.807) is 7.11 Å². The fourth-order valence-corrected chi connectivity index (χ4v) is 2.11. The predicted molar refractivity (Wildman–Crippen MR) is 86.6 cm³/mol. The second kappa shape index (κ2) is 9.87. The van der Waals surface area contributed by atoms with E-state index in [-0.39, 0.29) is 6.10 Å². The van der Waals surface area contributed by atoms with Crippen molar-refractivity contribution in [1.82, 2.24) is 5.32 Å². The van der Waals surface area contributed by atoms with Crippen LogP contribution in [0, 0.1) is 0 Å². The van der Waals surface area contributed by atoms with Gasteiger partial charge in [0, 0.05) is 30.8 Å². The van der Waals surface area contributed by atoms with Crippen molar-refractivity contribution >= 4 is 11.6 Å². The molecule has 0 atom stereocenters. The molecular weight excluding hydrogens is 290 g/mol. The Hall–Kier alpha value is -0.970. The molecule has 0 aromatic heterocycles. The smallest absolute Gasteiger partial charge is 0.163 e. The minimum atomic E-state index is 0.0810. The van der Waals surface area contributed by atoms with E-state index < -0.39 is 0 Å². The van der Waals surface area contributed by atoms with Crippen molar-refractivity contribution in [3.63, 3.8) is 0 Å². The minimum Gasteiger partial charge on any atom is -0.493 e. The number of hydrogen-bond acceptors (Lipinski definition) is 4. The van der Waals surface area contributed by atoms with Crippen molar-refractivity contribution in [3.8, 4) is 11.5 Å². The third-order valence-corrected chi connectivity index (χ3v) is 3.21. The van der Waals surface area contributed by atoms with Gasteiger partial charge in [-0.15, -0.1) is 0 Å². The van der Waals surface area contributed by atoms with Crippen molar-refractivity contribution in [1.29, 1.82) is 0 Å². The van der Waals surface area contributed by atoms with Crippen molar-refractivity contribution in [2.75, 3.05) is 26.9 Å². The summed E-state index contributed by atoms with van der Waals surface area (Å²) in [6.45, 7) is 9.08. The molecule has 0 aliphatic rings. The van der Waals surface area contributed by atoms with Crippen LogP contribution in [0.2, 0.25) is 5.02 Å². The van der Waals surface area contributed by atoms with E-state index in [1.807, 2.05) is 32.9 Å². The zero-order chi connectivity index (χ0) is 15.7. The minimum absolute atomic E-state index is 0.0810. The summed E-state index contributed by atoms with van der Waals surface area (Å²) < 4.78 is 16.4. The molecule has 120 valence electrons. The molecule has 0 amide bonds. The average Bonchev–Trinajstić information content (AvgIpc) is 2.44. The monoisotopic (exact) mass is 315 g/mol. The molecule has 0 fully saturated rings. The van der Waals surface area contributed by atoms with E-state index in [1.165, 1.54) is 0 Å². The quantitative estimate of drug-likeness (QED) is 0.669. The summed E-state index contributed by atoms with van der Waals surface area (Å²) in [7, 11) is 1.63. The Morgan fingerprint density at radius 1 is 1.24 bits per heavy atom. The first-order valence-electron chi connectivity index (χ1n) is 7.40. The third kappa shape index (κ3) is 6.55.